The minimum absolute atomic E-state index is 0.0483. The zero-order chi connectivity index (χ0) is 13.3. The highest BCUT2D eigenvalue weighted by Crippen LogP contribution is 2.37. The molecule has 0 aromatic heterocycles. The third-order valence-electron chi connectivity index (χ3n) is 2.90. The van der Waals surface area contributed by atoms with Crippen LogP contribution >= 0.6 is 0 Å². The van der Waals surface area contributed by atoms with Crippen molar-refractivity contribution in [1.82, 2.24) is 0 Å². The summed E-state index contributed by atoms with van der Waals surface area (Å²) in [7, 11) is 0. The van der Waals surface area contributed by atoms with E-state index in [1.165, 1.54) is 30.4 Å². The number of carbonyl (C=O) groups is 1. The largest absolute Gasteiger partial charge is 0.396 e. The molecule has 18 heavy (non-hydrogen) atoms. The number of rotatable bonds is 2. The first-order valence-corrected chi connectivity index (χ1v) is 5.35. The fourth-order valence-corrected chi connectivity index (χ4v) is 1.86. The zero-order valence-electron chi connectivity index (χ0n) is 9.49. The lowest BCUT2D eigenvalue weighted by Crippen LogP contribution is -2.26. The van der Waals surface area contributed by atoms with E-state index in [-0.39, 0.29) is 23.2 Å². The first-order chi connectivity index (χ1) is 8.42. The Morgan fingerprint density at radius 1 is 1.39 bits per heavy atom. The van der Waals surface area contributed by atoms with Crippen molar-refractivity contribution >= 4 is 11.6 Å². The Morgan fingerprint density at radius 2 is 2.11 bits per heavy atom. The van der Waals surface area contributed by atoms with Crippen LogP contribution in [-0.2, 0) is 10.5 Å². The highest BCUT2D eigenvalue weighted by Gasteiger charge is 2.33. The summed E-state index contributed by atoms with van der Waals surface area (Å²) in [4.78, 5) is 11.1. The number of nitrogens with two attached hydrogens (primary N) is 2. The summed E-state index contributed by atoms with van der Waals surface area (Å²) < 4.78 is 28.0. The lowest BCUT2D eigenvalue weighted by molar-refractivity contribution is -0.115. The number of anilines is 1. The molecule has 0 aliphatic heterocycles. The SMILES string of the molecule is NC(=O)C1=CC=CC(F)(c2ccc(N)c(F)c2)C1. The van der Waals surface area contributed by atoms with Crippen molar-refractivity contribution in [2.24, 2.45) is 5.73 Å². The van der Waals surface area contributed by atoms with Crippen molar-refractivity contribution in [3.05, 3.63) is 53.4 Å². The number of hydrogen-bond acceptors (Lipinski definition) is 2. The van der Waals surface area contributed by atoms with Gasteiger partial charge in [0.15, 0.2) is 5.67 Å². The Bertz CT molecular complexity index is 566. The molecule has 0 fully saturated rings. The van der Waals surface area contributed by atoms with Crippen molar-refractivity contribution in [3.63, 3.8) is 0 Å². The minimum atomic E-state index is -1.94. The van der Waals surface area contributed by atoms with Crippen LogP contribution in [0, 0.1) is 5.82 Å². The van der Waals surface area contributed by atoms with Crippen molar-refractivity contribution in [2.75, 3.05) is 5.73 Å². The molecule has 4 N–H and O–H groups in total. The molecule has 0 heterocycles. The number of primary amides is 1. The molecule has 0 radical (unpaired) electrons. The molecule has 1 amide bonds. The van der Waals surface area contributed by atoms with Gasteiger partial charge in [0.05, 0.1) is 5.69 Å². The molecule has 1 unspecified atom stereocenters. The van der Waals surface area contributed by atoms with Gasteiger partial charge < -0.3 is 11.5 Å². The van der Waals surface area contributed by atoms with Crippen LogP contribution in [0.1, 0.15) is 12.0 Å². The van der Waals surface area contributed by atoms with Crippen LogP contribution in [-0.4, -0.2) is 5.91 Å². The molecule has 0 bridgehead atoms. The third-order valence-corrected chi connectivity index (χ3v) is 2.90. The van der Waals surface area contributed by atoms with Gasteiger partial charge in [0.25, 0.3) is 0 Å². The highest BCUT2D eigenvalue weighted by atomic mass is 19.1. The highest BCUT2D eigenvalue weighted by molar-refractivity contribution is 5.92. The first kappa shape index (κ1) is 12.3. The molecular formula is C13H12F2N2O. The standard InChI is InChI=1S/C13H12F2N2O/c14-10-6-9(3-4-11(10)16)13(15)5-1-2-8(7-13)12(17)18/h1-6H,7,16H2,(H2,17,18). The molecule has 1 aromatic carbocycles. The zero-order valence-corrected chi connectivity index (χ0v) is 9.49. The summed E-state index contributed by atoms with van der Waals surface area (Å²) in [6, 6.07) is 3.72. The maximum atomic E-state index is 14.7. The Balaban J connectivity index is 2.38. The summed E-state index contributed by atoms with van der Waals surface area (Å²) >= 11 is 0. The van der Waals surface area contributed by atoms with E-state index in [0.717, 1.165) is 6.07 Å². The number of halogens is 2. The molecular weight excluding hydrogens is 238 g/mol. The quantitative estimate of drug-likeness (QED) is 0.787. The Labute approximate surface area is 103 Å². The van der Waals surface area contributed by atoms with E-state index in [0.29, 0.717) is 0 Å². The summed E-state index contributed by atoms with van der Waals surface area (Å²) in [5.74, 6) is -1.37. The van der Waals surface area contributed by atoms with Crippen LogP contribution in [0.3, 0.4) is 0 Å². The molecule has 1 aliphatic rings. The molecule has 0 saturated heterocycles. The van der Waals surface area contributed by atoms with E-state index in [1.54, 1.807) is 0 Å². The second-order valence-electron chi connectivity index (χ2n) is 4.19. The Hall–Kier alpha value is -2.17. The Morgan fingerprint density at radius 3 is 2.72 bits per heavy atom. The summed E-state index contributed by atoms with van der Waals surface area (Å²) in [6.07, 6.45) is 3.91. The first-order valence-electron chi connectivity index (χ1n) is 5.35. The van der Waals surface area contributed by atoms with Gasteiger partial charge in [-0.25, -0.2) is 8.78 Å². The van der Waals surface area contributed by atoms with Crippen molar-refractivity contribution in [2.45, 2.75) is 12.1 Å². The van der Waals surface area contributed by atoms with Gasteiger partial charge in [0.2, 0.25) is 5.91 Å². The Kier molecular flexibility index (Phi) is 2.90. The molecule has 5 heteroatoms. The fourth-order valence-electron chi connectivity index (χ4n) is 1.86. The van der Waals surface area contributed by atoms with E-state index in [4.69, 9.17) is 11.5 Å². The van der Waals surface area contributed by atoms with Gasteiger partial charge in [0, 0.05) is 12.0 Å². The molecule has 3 nitrogen and oxygen atoms in total. The van der Waals surface area contributed by atoms with Gasteiger partial charge in [0.1, 0.15) is 5.82 Å². The number of hydrogen-bond donors (Lipinski definition) is 2. The molecule has 2 rings (SSSR count). The van der Waals surface area contributed by atoms with E-state index in [2.05, 4.69) is 0 Å². The lowest BCUT2D eigenvalue weighted by atomic mass is 9.85. The third kappa shape index (κ3) is 2.11. The number of alkyl halides is 1. The molecule has 1 atom stereocenters. The smallest absolute Gasteiger partial charge is 0.244 e. The number of carbonyl (C=O) groups excluding carboxylic acids is 1. The summed E-state index contributed by atoms with van der Waals surface area (Å²) in [5.41, 5.74) is 8.74. The summed E-state index contributed by atoms with van der Waals surface area (Å²) in [5, 5.41) is 0. The number of nitrogen functional groups attached to an aromatic ring is 1. The van der Waals surface area contributed by atoms with E-state index < -0.39 is 17.4 Å². The maximum Gasteiger partial charge on any atom is 0.244 e. The van der Waals surface area contributed by atoms with Gasteiger partial charge in [-0.1, -0.05) is 18.2 Å². The van der Waals surface area contributed by atoms with Crippen molar-refractivity contribution in [3.8, 4) is 0 Å². The number of benzene rings is 1. The lowest BCUT2D eigenvalue weighted by Gasteiger charge is -2.25. The monoisotopic (exact) mass is 250 g/mol. The molecule has 0 spiro atoms. The molecule has 1 aliphatic carbocycles. The second kappa shape index (κ2) is 4.25. The van der Waals surface area contributed by atoms with Gasteiger partial charge in [-0.3, -0.25) is 4.79 Å². The van der Waals surface area contributed by atoms with Crippen LogP contribution in [0.5, 0.6) is 0 Å². The van der Waals surface area contributed by atoms with Gasteiger partial charge in [-0.05, 0) is 23.8 Å². The molecule has 1 aromatic rings. The number of amides is 1. The van der Waals surface area contributed by atoms with Gasteiger partial charge >= 0.3 is 0 Å². The van der Waals surface area contributed by atoms with Crippen molar-refractivity contribution in [1.29, 1.82) is 0 Å². The number of allylic oxidation sites excluding steroid dienone is 3. The molecule has 0 saturated carbocycles. The van der Waals surface area contributed by atoms with Crippen LogP contribution < -0.4 is 11.5 Å². The average molecular weight is 250 g/mol. The predicted octanol–water partition coefficient (Wildman–Crippen LogP) is 1.94. The minimum Gasteiger partial charge on any atom is -0.396 e. The topological polar surface area (TPSA) is 69.1 Å². The second-order valence-corrected chi connectivity index (χ2v) is 4.19. The van der Waals surface area contributed by atoms with E-state index in [1.807, 2.05) is 0 Å². The average Bonchev–Trinajstić information content (AvgIpc) is 2.32. The van der Waals surface area contributed by atoms with Crippen LogP contribution in [0.25, 0.3) is 0 Å². The fraction of sp³-hybridized carbons (Fsp3) is 0.154. The van der Waals surface area contributed by atoms with Crippen LogP contribution in [0.4, 0.5) is 14.5 Å². The molecule has 94 valence electrons. The summed E-state index contributed by atoms with van der Waals surface area (Å²) in [6.45, 7) is 0. The van der Waals surface area contributed by atoms with Crippen LogP contribution in [0.2, 0.25) is 0 Å². The van der Waals surface area contributed by atoms with Gasteiger partial charge in [-0.2, -0.15) is 0 Å². The maximum absolute atomic E-state index is 14.7. The normalized spacial score (nSPS) is 22.7. The van der Waals surface area contributed by atoms with Crippen LogP contribution in [0.15, 0.2) is 42.0 Å². The predicted molar refractivity (Wildman–Crippen MR) is 64.6 cm³/mol. The van der Waals surface area contributed by atoms with E-state index in [9.17, 15) is 13.6 Å². The van der Waals surface area contributed by atoms with Crippen molar-refractivity contribution < 1.29 is 13.6 Å². The van der Waals surface area contributed by atoms with E-state index >= 15 is 0 Å². The van der Waals surface area contributed by atoms with Gasteiger partial charge in [-0.15, -0.1) is 0 Å².